The van der Waals surface area contributed by atoms with Crippen molar-refractivity contribution in [2.24, 2.45) is 0 Å². The summed E-state index contributed by atoms with van der Waals surface area (Å²) in [5, 5.41) is 15.4. The number of benzene rings is 5. The van der Waals surface area contributed by atoms with Gasteiger partial charge in [-0.2, -0.15) is 5.26 Å². The van der Waals surface area contributed by atoms with E-state index >= 15 is 0 Å². The Morgan fingerprint density at radius 1 is 0.380 bits per heavy atom. The molecule has 0 unspecified atom stereocenters. The summed E-state index contributed by atoms with van der Waals surface area (Å²) in [5.74, 6) is 0. The van der Waals surface area contributed by atoms with E-state index in [1.165, 1.54) is 43.8 Å². The van der Waals surface area contributed by atoms with Gasteiger partial charge < -0.3 is 9.13 Å². The van der Waals surface area contributed by atoms with Crippen LogP contribution in [0.2, 0.25) is 0 Å². The summed E-state index contributed by atoms with van der Waals surface area (Å²) in [5.41, 5.74) is 12.4. The standard InChI is InChI=1S/C47H51N3/c1-44(2,3)30-15-19-40-38(23-30)36-17-13-32(46(7,8)9)25-42(36)49(40)34-21-29(28-48)22-35(27-34)50-41-20-16-31(45(4,5)6)24-39(41)37-18-14-33(26-43(37)50)47(10,11)12/h13-27H,1-12H3. The average molecular weight is 658 g/mol. The van der Waals surface area contributed by atoms with Crippen LogP contribution in [0.15, 0.2) is 91.0 Å². The zero-order valence-electron chi connectivity index (χ0n) is 32.0. The third kappa shape index (κ3) is 5.60. The number of aromatic nitrogens is 2. The smallest absolute Gasteiger partial charge is 0.0993 e. The monoisotopic (exact) mass is 657 g/mol. The Balaban J connectivity index is 1.59. The summed E-state index contributed by atoms with van der Waals surface area (Å²) in [6.45, 7) is 27.3. The zero-order chi connectivity index (χ0) is 36.1. The summed E-state index contributed by atoms with van der Waals surface area (Å²) in [6, 6.07) is 36.6. The molecule has 2 heterocycles. The predicted octanol–water partition coefficient (Wildman–Crippen LogP) is 12.9. The van der Waals surface area contributed by atoms with Crippen molar-refractivity contribution in [1.82, 2.24) is 9.13 Å². The Morgan fingerprint density at radius 3 is 1.06 bits per heavy atom. The lowest BCUT2D eigenvalue weighted by atomic mass is 9.85. The molecule has 0 saturated carbocycles. The van der Waals surface area contributed by atoms with Gasteiger partial charge in [0.2, 0.25) is 0 Å². The highest BCUT2D eigenvalue weighted by Crippen LogP contribution is 2.41. The van der Waals surface area contributed by atoms with E-state index in [2.05, 4.69) is 189 Å². The number of hydrogen-bond acceptors (Lipinski definition) is 1. The minimum atomic E-state index is -0.00858. The average Bonchev–Trinajstić information content (AvgIpc) is 3.54. The largest absolute Gasteiger partial charge is 0.309 e. The Morgan fingerprint density at radius 2 is 0.720 bits per heavy atom. The van der Waals surface area contributed by atoms with Gasteiger partial charge >= 0.3 is 0 Å². The van der Waals surface area contributed by atoms with E-state index in [-0.39, 0.29) is 21.7 Å². The minimum Gasteiger partial charge on any atom is -0.309 e. The number of rotatable bonds is 2. The van der Waals surface area contributed by atoms with Crippen LogP contribution in [0.4, 0.5) is 0 Å². The van der Waals surface area contributed by atoms with Crippen molar-refractivity contribution in [3.8, 4) is 17.4 Å². The summed E-state index contributed by atoms with van der Waals surface area (Å²) >= 11 is 0. The normalized spacial score (nSPS) is 13.2. The van der Waals surface area contributed by atoms with Crippen molar-refractivity contribution in [2.75, 3.05) is 0 Å². The van der Waals surface area contributed by atoms with Gasteiger partial charge in [0.05, 0.1) is 33.7 Å². The highest BCUT2D eigenvalue weighted by atomic mass is 15.0. The van der Waals surface area contributed by atoms with E-state index in [9.17, 15) is 5.26 Å². The quantitative estimate of drug-likeness (QED) is 0.182. The lowest BCUT2D eigenvalue weighted by Gasteiger charge is -2.20. The molecule has 2 aromatic heterocycles. The summed E-state index contributed by atoms with van der Waals surface area (Å²) in [6.07, 6.45) is 0. The van der Waals surface area contributed by atoms with Gasteiger partial charge in [-0.25, -0.2) is 0 Å². The molecule has 5 aromatic carbocycles. The molecule has 0 fully saturated rings. The lowest BCUT2D eigenvalue weighted by Crippen LogP contribution is -2.11. The van der Waals surface area contributed by atoms with Crippen molar-refractivity contribution in [1.29, 1.82) is 5.26 Å². The third-order valence-corrected chi connectivity index (χ3v) is 10.5. The van der Waals surface area contributed by atoms with Crippen LogP contribution < -0.4 is 0 Å². The first-order valence-corrected chi connectivity index (χ1v) is 18.0. The molecule has 0 spiro atoms. The highest BCUT2D eigenvalue weighted by Gasteiger charge is 2.24. The van der Waals surface area contributed by atoms with Gasteiger partial charge in [-0.3, -0.25) is 0 Å². The molecule has 50 heavy (non-hydrogen) atoms. The van der Waals surface area contributed by atoms with Crippen molar-refractivity contribution in [2.45, 2.75) is 105 Å². The first-order chi connectivity index (χ1) is 23.3. The molecule has 0 aliphatic carbocycles. The van der Waals surface area contributed by atoms with Crippen LogP contribution in [0, 0.1) is 11.3 Å². The Labute approximate surface area is 298 Å². The van der Waals surface area contributed by atoms with E-state index in [1.807, 2.05) is 0 Å². The molecule has 0 radical (unpaired) electrons. The minimum absolute atomic E-state index is 0.00858. The summed E-state index contributed by atoms with van der Waals surface area (Å²) < 4.78 is 4.76. The zero-order valence-corrected chi connectivity index (χ0v) is 32.0. The number of hydrogen-bond donors (Lipinski definition) is 0. The molecule has 7 rings (SSSR count). The van der Waals surface area contributed by atoms with Crippen LogP contribution in [-0.4, -0.2) is 9.13 Å². The molecule has 0 saturated heterocycles. The maximum absolute atomic E-state index is 10.5. The van der Waals surface area contributed by atoms with Crippen LogP contribution in [0.1, 0.15) is 111 Å². The van der Waals surface area contributed by atoms with Gasteiger partial charge in [0.25, 0.3) is 0 Å². The van der Waals surface area contributed by atoms with Gasteiger partial charge in [0.1, 0.15) is 0 Å². The van der Waals surface area contributed by atoms with Crippen molar-refractivity contribution >= 4 is 43.6 Å². The van der Waals surface area contributed by atoms with Crippen LogP contribution in [0.5, 0.6) is 0 Å². The van der Waals surface area contributed by atoms with Gasteiger partial charge in [0.15, 0.2) is 0 Å². The van der Waals surface area contributed by atoms with Crippen molar-refractivity contribution < 1.29 is 0 Å². The first kappa shape index (κ1) is 33.7. The molecule has 0 amide bonds. The van der Waals surface area contributed by atoms with Crippen molar-refractivity contribution in [3.63, 3.8) is 0 Å². The number of nitrogens with zero attached hydrogens (tertiary/aromatic N) is 3. The fourth-order valence-electron chi connectivity index (χ4n) is 7.38. The maximum atomic E-state index is 10.5. The summed E-state index contributed by atoms with van der Waals surface area (Å²) in [7, 11) is 0. The first-order valence-electron chi connectivity index (χ1n) is 18.0. The molecule has 0 aliphatic rings. The number of nitriles is 1. The van der Waals surface area contributed by atoms with E-state index in [1.54, 1.807) is 0 Å². The third-order valence-electron chi connectivity index (χ3n) is 10.5. The second kappa shape index (κ2) is 11.1. The van der Waals surface area contributed by atoms with Crippen LogP contribution in [0.25, 0.3) is 55.0 Å². The Bertz CT molecular complexity index is 2350. The van der Waals surface area contributed by atoms with Crippen LogP contribution >= 0.6 is 0 Å². The van der Waals surface area contributed by atoms with E-state index in [0.29, 0.717) is 5.56 Å². The highest BCUT2D eigenvalue weighted by molar-refractivity contribution is 6.11. The second-order valence-corrected chi connectivity index (χ2v) is 18.4. The summed E-state index contributed by atoms with van der Waals surface area (Å²) in [4.78, 5) is 0. The molecule has 0 N–H and O–H groups in total. The molecule has 254 valence electrons. The molecular weight excluding hydrogens is 607 g/mol. The van der Waals surface area contributed by atoms with Gasteiger partial charge in [0, 0.05) is 32.9 Å². The molecule has 0 bridgehead atoms. The van der Waals surface area contributed by atoms with E-state index < -0.39 is 0 Å². The molecular formula is C47H51N3. The molecule has 0 atom stereocenters. The van der Waals surface area contributed by atoms with Gasteiger partial charge in [-0.15, -0.1) is 0 Å². The molecule has 0 aliphatic heterocycles. The predicted molar refractivity (Wildman–Crippen MR) is 215 cm³/mol. The second-order valence-electron chi connectivity index (χ2n) is 18.4. The fourth-order valence-corrected chi connectivity index (χ4v) is 7.38. The topological polar surface area (TPSA) is 33.6 Å². The van der Waals surface area contributed by atoms with Crippen LogP contribution in [-0.2, 0) is 21.7 Å². The molecule has 3 heteroatoms. The van der Waals surface area contributed by atoms with Gasteiger partial charge in [-0.1, -0.05) is 119 Å². The van der Waals surface area contributed by atoms with E-state index in [0.717, 1.165) is 33.4 Å². The Kier molecular flexibility index (Phi) is 7.47. The van der Waals surface area contributed by atoms with E-state index in [4.69, 9.17) is 0 Å². The maximum Gasteiger partial charge on any atom is 0.0993 e. The SMILES string of the molecule is CC(C)(C)c1ccc2c(c1)c1ccc(C(C)(C)C)cc1n2-c1cc(C#N)cc(-n2c3ccc(C(C)(C)C)cc3c3ccc(C(C)(C)C)cc32)c1. The fraction of sp³-hybridized carbons (Fsp3) is 0.340. The molecule has 3 nitrogen and oxygen atoms in total. The van der Waals surface area contributed by atoms with Crippen LogP contribution in [0.3, 0.4) is 0 Å². The molecule has 7 aromatic rings. The number of fused-ring (bicyclic) bond motifs is 6. The lowest BCUT2D eigenvalue weighted by molar-refractivity contribution is 0.590. The van der Waals surface area contributed by atoms with Crippen molar-refractivity contribution in [3.05, 3.63) is 119 Å². The Hall–Kier alpha value is -4.81. The van der Waals surface area contributed by atoms with Gasteiger partial charge in [-0.05, 0) is 98.5 Å².